The van der Waals surface area contributed by atoms with Gasteiger partial charge >= 0.3 is 0 Å². The predicted octanol–water partition coefficient (Wildman–Crippen LogP) is 5.41. The summed E-state index contributed by atoms with van der Waals surface area (Å²) in [6.45, 7) is 15.2. The fourth-order valence-corrected chi connectivity index (χ4v) is 13.1. The van der Waals surface area contributed by atoms with Gasteiger partial charge in [-0.05, 0) is 92.3 Å². The van der Waals surface area contributed by atoms with E-state index in [1.807, 2.05) is 20.8 Å². The fraction of sp³-hybridized carbons (Fsp3) is 0.833. The number of hydrogen-bond donors (Lipinski definition) is 2. The lowest BCUT2D eigenvalue weighted by Gasteiger charge is -2.37. The van der Waals surface area contributed by atoms with Gasteiger partial charge in [0.05, 0.1) is 22.7 Å². The van der Waals surface area contributed by atoms with Gasteiger partial charge in [0.25, 0.3) is 0 Å². The molecule has 0 radical (unpaired) electrons. The van der Waals surface area contributed by atoms with Crippen molar-refractivity contribution in [2.75, 3.05) is 13.2 Å². The minimum absolute atomic E-state index is 0.00939. The molecule has 0 aromatic heterocycles. The Morgan fingerprint density at radius 2 is 1.61 bits per heavy atom. The third-order valence-corrected chi connectivity index (χ3v) is 17.6. The molecular weight excluding hydrogens is 707 g/mol. The third kappa shape index (κ3) is 6.50. The molecule has 0 aromatic rings. The standard InChI is InChI=1S/C42H63N3O8S/c1-7-27-22-40(27,37(50)44-54(51,52)28-16-17-28)24-32(47)30-23-42(39(5,6)41(42)18-12-19-41)25-45(30)36(49)29(38(2,3)4)21-31(46)34(26-13-9-8-10-14-26)43-35(48)33-15-11-20-53-33/h7,26-30,33-34H,1,8-25H2,2-6H3,(H,43,48)(H,44,50)/t27-,29+,30-,33-,34-,40-,42+/m0/s1. The maximum atomic E-state index is 15.2. The average Bonchev–Trinajstić information content (AvgIpc) is 4.02. The lowest BCUT2D eigenvalue weighted by Crippen LogP contribution is -2.52. The van der Waals surface area contributed by atoms with E-state index < -0.39 is 56.1 Å². The van der Waals surface area contributed by atoms with Crippen LogP contribution >= 0.6 is 0 Å². The summed E-state index contributed by atoms with van der Waals surface area (Å²) in [4.78, 5) is 73.1. The van der Waals surface area contributed by atoms with E-state index in [9.17, 15) is 27.6 Å². The number of amides is 3. The molecule has 7 aliphatic rings. The van der Waals surface area contributed by atoms with Crippen molar-refractivity contribution in [3.8, 4) is 0 Å². The maximum absolute atomic E-state index is 15.2. The summed E-state index contributed by atoms with van der Waals surface area (Å²) in [5.74, 6) is -2.63. The van der Waals surface area contributed by atoms with Crippen molar-refractivity contribution in [3.05, 3.63) is 12.7 Å². The number of ether oxygens (including phenoxy) is 1. The quantitative estimate of drug-likeness (QED) is 0.222. The number of hydrogen-bond acceptors (Lipinski definition) is 8. The molecule has 2 spiro atoms. The van der Waals surface area contributed by atoms with Gasteiger partial charge in [-0.3, -0.25) is 28.7 Å². The number of rotatable bonds is 14. The molecule has 7 fully saturated rings. The Bertz CT molecular complexity index is 1680. The van der Waals surface area contributed by atoms with Crippen LogP contribution in [0.1, 0.15) is 137 Å². The number of fused-ring (bicyclic) bond motifs is 1. The van der Waals surface area contributed by atoms with E-state index >= 15 is 4.79 Å². The van der Waals surface area contributed by atoms with Crippen LogP contribution < -0.4 is 10.0 Å². The minimum atomic E-state index is -3.82. The molecule has 7 rings (SSSR count). The van der Waals surface area contributed by atoms with Gasteiger partial charge in [0.2, 0.25) is 27.7 Å². The molecule has 0 aromatic carbocycles. The summed E-state index contributed by atoms with van der Waals surface area (Å²) in [5, 5.41) is 2.50. The summed E-state index contributed by atoms with van der Waals surface area (Å²) < 4.78 is 33.6. The van der Waals surface area contributed by atoms with Crippen molar-refractivity contribution < 1.29 is 37.1 Å². The topological polar surface area (TPSA) is 156 Å². The molecule has 0 bridgehead atoms. The molecule has 0 unspecified atom stereocenters. The van der Waals surface area contributed by atoms with Gasteiger partial charge in [-0.15, -0.1) is 6.58 Å². The predicted molar refractivity (Wildman–Crippen MR) is 203 cm³/mol. The second kappa shape index (κ2) is 13.8. The van der Waals surface area contributed by atoms with Gasteiger partial charge < -0.3 is 15.0 Å². The van der Waals surface area contributed by atoms with Crippen LogP contribution in [0.25, 0.3) is 0 Å². The molecule has 3 amide bonds. The lowest BCUT2D eigenvalue weighted by atomic mass is 9.73. The molecule has 2 aliphatic heterocycles. The molecule has 2 heterocycles. The summed E-state index contributed by atoms with van der Waals surface area (Å²) >= 11 is 0. The van der Waals surface area contributed by atoms with Crippen molar-refractivity contribution >= 4 is 39.3 Å². The van der Waals surface area contributed by atoms with E-state index in [-0.39, 0.29) is 64.3 Å². The van der Waals surface area contributed by atoms with Crippen LogP contribution in [-0.2, 0) is 38.7 Å². The zero-order chi connectivity index (χ0) is 39.1. The van der Waals surface area contributed by atoms with E-state index in [4.69, 9.17) is 4.74 Å². The van der Waals surface area contributed by atoms with E-state index in [0.29, 0.717) is 45.3 Å². The van der Waals surface area contributed by atoms with Crippen molar-refractivity contribution in [2.24, 2.45) is 44.8 Å². The molecule has 5 saturated carbocycles. The highest BCUT2D eigenvalue weighted by Gasteiger charge is 2.85. The second-order valence-electron chi connectivity index (χ2n) is 19.8. The molecule has 7 atom stereocenters. The van der Waals surface area contributed by atoms with Crippen molar-refractivity contribution in [2.45, 2.75) is 161 Å². The van der Waals surface area contributed by atoms with Crippen LogP contribution in [0.2, 0.25) is 0 Å². The third-order valence-electron chi connectivity index (χ3n) is 15.8. The molecule has 5 aliphatic carbocycles. The molecule has 12 heteroatoms. The van der Waals surface area contributed by atoms with Gasteiger partial charge in [-0.25, -0.2) is 8.42 Å². The van der Waals surface area contributed by atoms with E-state index in [2.05, 4.69) is 30.5 Å². The SMILES string of the molecule is C=C[C@H]1C[C@@]1(CC(=O)[C@@H]1C[C@@]2(CN1C(=O)[C@@H](CC(=O)[C@@H](NC(=O)[C@@H]1CCCO1)C1CCCCC1)C(C)(C)C)C(C)(C)C21CCC1)C(=O)NS(=O)(=O)C1CC1. The molecule has 2 saturated heterocycles. The van der Waals surface area contributed by atoms with Gasteiger partial charge in [-0.2, -0.15) is 0 Å². The highest BCUT2D eigenvalue weighted by atomic mass is 32.2. The first-order chi connectivity index (χ1) is 25.3. The van der Waals surface area contributed by atoms with Crippen molar-refractivity contribution in [1.29, 1.82) is 0 Å². The first-order valence-electron chi connectivity index (χ1n) is 20.8. The number of likely N-dealkylation sites (tertiary alicyclic amines) is 1. The van der Waals surface area contributed by atoms with Crippen LogP contribution in [0.4, 0.5) is 0 Å². The van der Waals surface area contributed by atoms with Gasteiger partial charge in [-0.1, -0.05) is 66.4 Å². The zero-order valence-corrected chi connectivity index (χ0v) is 34.0. The van der Waals surface area contributed by atoms with Crippen LogP contribution in [0, 0.1) is 44.8 Å². The molecular formula is C42H63N3O8S. The van der Waals surface area contributed by atoms with E-state index in [0.717, 1.165) is 57.8 Å². The van der Waals surface area contributed by atoms with Crippen molar-refractivity contribution in [3.63, 3.8) is 0 Å². The number of carbonyl (C=O) groups excluding carboxylic acids is 5. The monoisotopic (exact) mass is 769 g/mol. The molecule has 11 nitrogen and oxygen atoms in total. The minimum Gasteiger partial charge on any atom is -0.368 e. The number of carbonyl (C=O) groups is 5. The number of nitrogens with zero attached hydrogens (tertiary/aromatic N) is 1. The Labute approximate surface area is 322 Å². The largest absolute Gasteiger partial charge is 0.368 e. The van der Waals surface area contributed by atoms with Crippen LogP contribution in [0.15, 0.2) is 12.7 Å². The summed E-state index contributed by atoms with van der Waals surface area (Å²) in [6, 6.07) is -1.50. The lowest BCUT2D eigenvalue weighted by molar-refractivity contribution is -0.147. The van der Waals surface area contributed by atoms with Gasteiger partial charge in [0, 0.05) is 37.3 Å². The Morgan fingerprint density at radius 3 is 2.13 bits per heavy atom. The smallest absolute Gasteiger partial charge is 0.249 e. The molecule has 300 valence electrons. The van der Waals surface area contributed by atoms with Crippen molar-refractivity contribution in [1.82, 2.24) is 14.9 Å². The Kier molecular flexibility index (Phi) is 10.1. The first kappa shape index (κ1) is 39.6. The number of ketones is 2. The second-order valence-corrected chi connectivity index (χ2v) is 21.8. The number of sulfonamides is 1. The Balaban J connectivity index is 1.16. The number of Topliss-reactive ketones (excluding diaryl/α,β-unsaturated/α-hetero) is 2. The molecule has 54 heavy (non-hydrogen) atoms. The summed E-state index contributed by atoms with van der Waals surface area (Å²) in [6.07, 6.45) is 12.0. The number of allylic oxidation sites excluding steroid dienone is 1. The average molecular weight is 770 g/mol. The van der Waals surface area contributed by atoms with Gasteiger partial charge in [0.1, 0.15) is 6.10 Å². The van der Waals surface area contributed by atoms with E-state index in [1.165, 1.54) is 0 Å². The fourth-order valence-electron chi connectivity index (χ4n) is 11.7. The highest BCUT2D eigenvalue weighted by molar-refractivity contribution is 7.90. The number of nitrogens with one attached hydrogen (secondary N) is 2. The maximum Gasteiger partial charge on any atom is 0.249 e. The Morgan fingerprint density at radius 1 is 0.926 bits per heavy atom. The summed E-state index contributed by atoms with van der Waals surface area (Å²) in [7, 11) is -3.82. The zero-order valence-electron chi connectivity index (χ0n) is 33.2. The van der Waals surface area contributed by atoms with Crippen LogP contribution in [-0.4, -0.2) is 79.2 Å². The highest BCUT2D eigenvalue weighted by Crippen LogP contribution is 2.88. The van der Waals surface area contributed by atoms with Crippen LogP contribution in [0.3, 0.4) is 0 Å². The first-order valence-corrected chi connectivity index (χ1v) is 22.4. The summed E-state index contributed by atoms with van der Waals surface area (Å²) in [5.41, 5.74) is -2.16. The van der Waals surface area contributed by atoms with E-state index in [1.54, 1.807) is 11.0 Å². The van der Waals surface area contributed by atoms with Gasteiger partial charge in [0.15, 0.2) is 11.6 Å². The molecule has 2 N–H and O–H groups in total. The normalized spacial score (nSPS) is 33.8. The van der Waals surface area contributed by atoms with Crippen LogP contribution in [0.5, 0.6) is 0 Å². The Hall–Kier alpha value is -2.60.